The highest BCUT2D eigenvalue weighted by Gasteiger charge is 2.24. The fourth-order valence-corrected chi connectivity index (χ4v) is 3.19. The van der Waals surface area contributed by atoms with Gasteiger partial charge in [-0.15, -0.1) is 0 Å². The van der Waals surface area contributed by atoms with Crippen LogP contribution in [0.2, 0.25) is 5.02 Å². The van der Waals surface area contributed by atoms with E-state index in [2.05, 4.69) is 5.32 Å². The van der Waals surface area contributed by atoms with Gasteiger partial charge in [0, 0.05) is 18.1 Å². The quantitative estimate of drug-likeness (QED) is 0.912. The molecule has 5 heteroatoms. The van der Waals surface area contributed by atoms with E-state index in [0.717, 1.165) is 37.1 Å². The Morgan fingerprint density at radius 2 is 1.75 bits per heavy atom. The molecule has 2 aromatic rings. The van der Waals surface area contributed by atoms with Gasteiger partial charge in [-0.05, 0) is 61.3 Å². The standard InChI is InChI=1S/C19H20ClFN2O/c1-23(16-8-10-22-11-9-16)19(24)17-7-4-14(12-18(17)21)13-2-5-15(20)6-3-13/h2-7,12,16,22H,8-11H2,1H3. The molecule has 1 saturated heterocycles. The summed E-state index contributed by atoms with van der Waals surface area (Å²) in [6, 6.07) is 12.1. The second-order valence-electron chi connectivity index (χ2n) is 6.10. The molecule has 1 aliphatic heterocycles. The molecule has 1 heterocycles. The van der Waals surface area contributed by atoms with Gasteiger partial charge >= 0.3 is 0 Å². The van der Waals surface area contributed by atoms with Crippen molar-refractivity contribution in [2.45, 2.75) is 18.9 Å². The van der Waals surface area contributed by atoms with Crippen molar-refractivity contribution < 1.29 is 9.18 Å². The minimum Gasteiger partial charge on any atom is -0.339 e. The zero-order valence-corrected chi connectivity index (χ0v) is 14.3. The number of benzene rings is 2. The van der Waals surface area contributed by atoms with Crippen LogP contribution in [-0.4, -0.2) is 37.0 Å². The summed E-state index contributed by atoms with van der Waals surface area (Å²) in [5.41, 5.74) is 1.71. The van der Waals surface area contributed by atoms with Crippen molar-refractivity contribution >= 4 is 17.5 Å². The molecule has 0 radical (unpaired) electrons. The van der Waals surface area contributed by atoms with Gasteiger partial charge in [-0.3, -0.25) is 4.79 Å². The molecule has 0 spiro atoms. The number of rotatable bonds is 3. The van der Waals surface area contributed by atoms with Crippen molar-refractivity contribution in [1.29, 1.82) is 0 Å². The van der Waals surface area contributed by atoms with Crippen molar-refractivity contribution in [2.75, 3.05) is 20.1 Å². The SMILES string of the molecule is CN(C(=O)c1ccc(-c2ccc(Cl)cc2)cc1F)C1CCNCC1. The Kier molecular flexibility index (Phi) is 5.17. The number of halogens is 2. The van der Waals surface area contributed by atoms with Gasteiger partial charge in [-0.25, -0.2) is 4.39 Å². The van der Waals surface area contributed by atoms with Crippen molar-refractivity contribution in [2.24, 2.45) is 0 Å². The van der Waals surface area contributed by atoms with Crippen LogP contribution in [0.3, 0.4) is 0 Å². The van der Waals surface area contributed by atoms with Crippen molar-refractivity contribution in [3.63, 3.8) is 0 Å². The molecule has 1 fully saturated rings. The third-order valence-electron chi connectivity index (χ3n) is 4.55. The number of carbonyl (C=O) groups excluding carboxylic acids is 1. The Morgan fingerprint density at radius 1 is 1.12 bits per heavy atom. The van der Waals surface area contributed by atoms with Crippen LogP contribution in [0.1, 0.15) is 23.2 Å². The lowest BCUT2D eigenvalue weighted by molar-refractivity contribution is 0.0698. The molecule has 0 bridgehead atoms. The molecule has 0 saturated carbocycles. The van der Waals surface area contributed by atoms with E-state index >= 15 is 0 Å². The number of hydrogen-bond donors (Lipinski definition) is 1. The smallest absolute Gasteiger partial charge is 0.256 e. The summed E-state index contributed by atoms with van der Waals surface area (Å²) in [7, 11) is 1.75. The second kappa shape index (κ2) is 7.32. The highest BCUT2D eigenvalue weighted by atomic mass is 35.5. The van der Waals surface area contributed by atoms with Crippen molar-refractivity contribution in [1.82, 2.24) is 10.2 Å². The van der Waals surface area contributed by atoms with E-state index < -0.39 is 5.82 Å². The molecule has 1 amide bonds. The van der Waals surface area contributed by atoms with Crippen LogP contribution in [0.15, 0.2) is 42.5 Å². The first-order valence-electron chi connectivity index (χ1n) is 8.09. The van der Waals surface area contributed by atoms with Gasteiger partial charge in [0.15, 0.2) is 0 Å². The van der Waals surface area contributed by atoms with Crippen molar-refractivity contribution in [3.8, 4) is 11.1 Å². The Bertz CT molecular complexity index is 727. The first-order valence-corrected chi connectivity index (χ1v) is 8.47. The molecule has 0 aliphatic carbocycles. The summed E-state index contributed by atoms with van der Waals surface area (Å²) >= 11 is 5.88. The minimum absolute atomic E-state index is 0.119. The Morgan fingerprint density at radius 3 is 2.38 bits per heavy atom. The molecule has 0 aromatic heterocycles. The third-order valence-corrected chi connectivity index (χ3v) is 4.81. The molecule has 0 unspecified atom stereocenters. The maximum Gasteiger partial charge on any atom is 0.256 e. The first-order chi connectivity index (χ1) is 11.6. The Hall–Kier alpha value is -1.91. The summed E-state index contributed by atoms with van der Waals surface area (Å²) in [5.74, 6) is -0.754. The molecular weight excluding hydrogens is 327 g/mol. The molecule has 126 valence electrons. The molecule has 3 rings (SSSR count). The van der Waals surface area contributed by atoms with E-state index in [1.807, 2.05) is 12.1 Å². The highest BCUT2D eigenvalue weighted by molar-refractivity contribution is 6.30. The fourth-order valence-electron chi connectivity index (χ4n) is 3.06. The topological polar surface area (TPSA) is 32.3 Å². The van der Waals surface area contributed by atoms with E-state index in [1.165, 1.54) is 6.07 Å². The van der Waals surface area contributed by atoms with Crippen LogP contribution in [0.25, 0.3) is 11.1 Å². The predicted molar refractivity (Wildman–Crippen MR) is 94.8 cm³/mol. The average Bonchev–Trinajstić information content (AvgIpc) is 2.62. The number of carbonyl (C=O) groups is 1. The summed E-state index contributed by atoms with van der Waals surface area (Å²) in [5, 5.41) is 3.90. The molecule has 1 N–H and O–H groups in total. The van der Waals surface area contributed by atoms with Crippen LogP contribution >= 0.6 is 11.6 Å². The van der Waals surface area contributed by atoms with Gasteiger partial charge < -0.3 is 10.2 Å². The number of nitrogens with one attached hydrogen (secondary N) is 1. The minimum atomic E-state index is -0.492. The number of amides is 1. The summed E-state index contributed by atoms with van der Waals surface area (Å²) in [6.07, 6.45) is 1.79. The molecule has 1 aliphatic rings. The van der Waals surface area contributed by atoms with Crippen LogP contribution in [0.4, 0.5) is 4.39 Å². The molecular formula is C19H20ClFN2O. The number of piperidine rings is 1. The number of hydrogen-bond acceptors (Lipinski definition) is 2. The first kappa shape index (κ1) is 16.9. The van der Waals surface area contributed by atoms with Crippen molar-refractivity contribution in [3.05, 3.63) is 58.9 Å². The van der Waals surface area contributed by atoms with E-state index in [9.17, 15) is 9.18 Å². The van der Waals surface area contributed by atoms with Crippen LogP contribution < -0.4 is 5.32 Å². The Labute approximate surface area is 146 Å². The van der Waals surface area contributed by atoms with Crippen LogP contribution in [0, 0.1) is 5.82 Å². The van der Waals surface area contributed by atoms with Crippen LogP contribution in [-0.2, 0) is 0 Å². The summed E-state index contributed by atoms with van der Waals surface area (Å²) < 4.78 is 14.5. The summed E-state index contributed by atoms with van der Waals surface area (Å²) in [6.45, 7) is 1.78. The fraction of sp³-hybridized carbons (Fsp3) is 0.316. The van der Waals surface area contributed by atoms with E-state index in [-0.39, 0.29) is 17.5 Å². The second-order valence-corrected chi connectivity index (χ2v) is 6.54. The summed E-state index contributed by atoms with van der Waals surface area (Å²) in [4.78, 5) is 14.3. The van der Waals surface area contributed by atoms with Gasteiger partial charge in [0.05, 0.1) is 5.56 Å². The van der Waals surface area contributed by atoms with Crippen LogP contribution in [0.5, 0.6) is 0 Å². The lowest BCUT2D eigenvalue weighted by Crippen LogP contribution is -2.44. The zero-order chi connectivity index (χ0) is 17.1. The highest BCUT2D eigenvalue weighted by Crippen LogP contribution is 2.25. The molecule has 2 aromatic carbocycles. The largest absolute Gasteiger partial charge is 0.339 e. The Balaban J connectivity index is 1.81. The zero-order valence-electron chi connectivity index (χ0n) is 13.6. The molecule has 0 atom stereocenters. The predicted octanol–water partition coefficient (Wildman–Crippen LogP) is 3.97. The van der Waals surface area contributed by atoms with Gasteiger partial charge in [-0.1, -0.05) is 29.8 Å². The maximum absolute atomic E-state index is 14.5. The van der Waals surface area contributed by atoms with Gasteiger partial charge in [0.2, 0.25) is 0 Å². The molecule has 24 heavy (non-hydrogen) atoms. The third kappa shape index (κ3) is 3.60. The van der Waals surface area contributed by atoms with E-state index in [1.54, 1.807) is 36.2 Å². The van der Waals surface area contributed by atoms with Gasteiger partial charge in [0.1, 0.15) is 5.82 Å². The van der Waals surface area contributed by atoms with E-state index in [4.69, 9.17) is 11.6 Å². The lowest BCUT2D eigenvalue weighted by atomic mass is 10.0. The number of nitrogens with zero attached hydrogens (tertiary/aromatic N) is 1. The molecule has 3 nitrogen and oxygen atoms in total. The van der Waals surface area contributed by atoms with Gasteiger partial charge in [-0.2, -0.15) is 0 Å². The lowest BCUT2D eigenvalue weighted by Gasteiger charge is -2.31. The van der Waals surface area contributed by atoms with Gasteiger partial charge in [0.25, 0.3) is 5.91 Å². The van der Waals surface area contributed by atoms with E-state index in [0.29, 0.717) is 5.02 Å². The maximum atomic E-state index is 14.5. The normalized spacial score (nSPS) is 15.3. The monoisotopic (exact) mass is 346 g/mol. The average molecular weight is 347 g/mol.